The van der Waals surface area contributed by atoms with E-state index in [4.69, 9.17) is 23.2 Å². The van der Waals surface area contributed by atoms with Gasteiger partial charge in [-0.15, -0.1) is 0 Å². The monoisotopic (exact) mass is 269 g/mol. The van der Waals surface area contributed by atoms with Crippen molar-refractivity contribution in [1.82, 2.24) is 4.98 Å². The highest BCUT2D eigenvalue weighted by Gasteiger charge is 2.09. The Kier molecular flexibility index (Phi) is 3.41. The standard InChI is InChI=1S/C12H6Cl2FNO/c13-8-1-2-9(10(14)4-8)12-3-7(6-17)11(15)5-16-12/h1-6H. The van der Waals surface area contributed by atoms with Crippen molar-refractivity contribution in [2.45, 2.75) is 0 Å². The van der Waals surface area contributed by atoms with E-state index in [1.54, 1.807) is 18.2 Å². The number of rotatable bonds is 2. The van der Waals surface area contributed by atoms with Gasteiger partial charge in [0.05, 0.1) is 22.5 Å². The number of hydrogen-bond donors (Lipinski definition) is 0. The van der Waals surface area contributed by atoms with Crippen molar-refractivity contribution in [2.75, 3.05) is 0 Å². The van der Waals surface area contributed by atoms with Gasteiger partial charge in [0.25, 0.3) is 0 Å². The van der Waals surface area contributed by atoms with Gasteiger partial charge < -0.3 is 0 Å². The van der Waals surface area contributed by atoms with Gasteiger partial charge in [0.2, 0.25) is 0 Å². The van der Waals surface area contributed by atoms with Gasteiger partial charge in [0.1, 0.15) is 0 Å². The second-order valence-corrected chi connectivity index (χ2v) is 4.18. The van der Waals surface area contributed by atoms with Crippen molar-refractivity contribution in [3.63, 3.8) is 0 Å². The summed E-state index contributed by atoms with van der Waals surface area (Å²) in [6.07, 6.45) is 1.42. The Morgan fingerprint density at radius 2 is 2.00 bits per heavy atom. The molecule has 1 aromatic carbocycles. The molecule has 0 N–H and O–H groups in total. The average Bonchev–Trinajstić information content (AvgIpc) is 2.30. The Hall–Kier alpha value is -1.45. The lowest BCUT2D eigenvalue weighted by Gasteiger charge is -2.05. The molecule has 0 aliphatic carbocycles. The predicted molar refractivity (Wildman–Crippen MR) is 65.0 cm³/mol. The molecular formula is C12H6Cl2FNO. The smallest absolute Gasteiger partial charge is 0.153 e. The maximum Gasteiger partial charge on any atom is 0.153 e. The van der Waals surface area contributed by atoms with E-state index < -0.39 is 5.82 Å². The maximum atomic E-state index is 13.1. The number of benzene rings is 1. The number of aldehydes is 1. The van der Waals surface area contributed by atoms with E-state index in [1.807, 2.05) is 0 Å². The van der Waals surface area contributed by atoms with Gasteiger partial charge >= 0.3 is 0 Å². The first-order chi connectivity index (χ1) is 8.11. The first-order valence-electron chi connectivity index (χ1n) is 4.68. The summed E-state index contributed by atoms with van der Waals surface area (Å²) in [5.41, 5.74) is 0.968. The third-order valence-corrected chi connectivity index (χ3v) is 2.77. The second-order valence-electron chi connectivity index (χ2n) is 3.33. The summed E-state index contributed by atoms with van der Waals surface area (Å²) in [5.74, 6) is -0.658. The lowest BCUT2D eigenvalue weighted by Crippen LogP contribution is -1.92. The fourth-order valence-corrected chi connectivity index (χ4v) is 1.89. The normalized spacial score (nSPS) is 10.3. The molecule has 0 aliphatic heterocycles. The molecule has 0 unspecified atom stereocenters. The lowest BCUT2D eigenvalue weighted by atomic mass is 10.1. The first-order valence-corrected chi connectivity index (χ1v) is 5.43. The Balaban J connectivity index is 2.56. The molecule has 0 saturated carbocycles. The summed E-state index contributed by atoms with van der Waals surface area (Å²) in [6.45, 7) is 0. The zero-order chi connectivity index (χ0) is 12.4. The van der Waals surface area contributed by atoms with E-state index in [2.05, 4.69) is 4.98 Å². The van der Waals surface area contributed by atoms with E-state index in [0.29, 0.717) is 27.6 Å². The SMILES string of the molecule is O=Cc1cc(-c2ccc(Cl)cc2Cl)ncc1F. The van der Waals surface area contributed by atoms with Crippen molar-refractivity contribution in [1.29, 1.82) is 0 Å². The largest absolute Gasteiger partial charge is 0.298 e. The zero-order valence-corrected chi connectivity index (χ0v) is 9.97. The van der Waals surface area contributed by atoms with Crippen LogP contribution in [-0.2, 0) is 0 Å². The molecule has 2 nitrogen and oxygen atoms in total. The van der Waals surface area contributed by atoms with Crippen LogP contribution in [0.15, 0.2) is 30.5 Å². The van der Waals surface area contributed by atoms with Crippen LogP contribution in [0, 0.1) is 5.82 Å². The third-order valence-electron chi connectivity index (χ3n) is 2.22. The van der Waals surface area contributed by atoms with Gasteiger partial charge in [-0.2, -0.15) is 0 Å². The second kappa shape index (κ2) is 4.82. The maximum absolute atomic E-state index is 13.1. The lowest BCUT2D eigenvalue weighted by molar-refractivity contribution is 0.111. The van der Waals surface area contributed by atoms with Crippen molar-refractivity contribution in [2.24, 2.45) is 0 Å². The topological polar surface area (TPSA) is 30.0 Å². The number of nitrogens with zero attached hydrogens (tertiary/aromatic N) is 1. The molecule has 0 atom stereocenters. The molecule has 17 heavy (non-hydrogen) atoms. The number of aromatic nitrogens is 1. The van der Waals surface area contributed by atoms with Crippen LogP contribution in [-0.4, -0.2) is 11.3 Å². The van der Waals surface area contributed by atoms with Crippen LogP contribution < -0.4 is 0 Å². The van der Waals surface area contributed by atoms with Crippen molar-refractivity contribution in [3.05, 3.63) is 51.9 Å². The summed E-state index contributed by atoms with van der Waals surface area (Å²) in [4.78, 5) is 14.5. The highest BCUT2D eigenvalue weighted by atomic mass is 35.5. The third kappa shape index (κ3) is 2.46. The molecule has 0 saturated heterocycles. The molecule has 0 bridgehead atoms. The molecule has 1 aromatic heterocycles. The molecule has 2 rings (SSSR count). The molecule has 5 heteroatoms. The van der Waals surface area contributed by atoms with Gasteiger partial charge in [-0.3, -0.25) is 9.78 Å². The fourth-order valence-electron chi connectivity index (χ4n) is 1.39. The van der Waals surface area contributed by atoms with Crippen LogP contribution in [0.5, 0.6) is 0 Å². The summed E-state index contributed by atoms with van der Waals surface area (Å²) in [6, 6.07) is 6.22. The van der Waals surface area contributed by atoms with Crippen molar-refractivity contribution < 1.29 is 9.18 Å². The Bertz CT molecular complexity index is 587. The number of halogens is 3. The van der Waals surface area contributed by atoms with Gasteiger partial charge in [-0.25, -0.2) is 4.39 Å². The molecule has 0 amide bonds. The minimum atomic E-state index is -0.658. The van der Waals surface area contributed by atoms with Crippen LogP contribution in [0.25, 0.3) is 11.3 Å². The average molecular weight is 270 g/mol. The van der Waals surface area contributed by atoms with Gasteiger partial charge in [0, 0.05) is 10.6 Å². The molecular weight excluding hydrogens is 264 g/mol. The Labute approximate surface area is 107 Å². The molecule has 2 aromatic rings. The molecule has 0 fully saturated rings. The summed E-state index contributed by atoms with van der Waals surface area (Å²) >= 11 is 11.8. The van der Waals surface area contributed by atoms with Crippen LogP contribution in [0.1, 0.15) is 10.4 Å². The minimum Gasteiger partial charge on any atom is -0.298 e. The van der Waals surface area contributed by atoms with Crippen molar-refractivity contribution >= 4 is 29.5 Å². The number of pyridine rings is 1. The minimum absolute atomic E-state index is 0.0546. The first kappa shape index (κ1) is 12.0. The molecule has 0 aliphatic rings. The Morgan fingerprint density at radius 3 is 2.65 bits per heavy atom. The van der Waals surface area contributed by atoms with Crippen LogP contribution in [0.2, 0.25) is 10.0 Å². The predicted octanol–water partition coefficient (Wildman–Crippen LogP) is 4.01. The van der Waals surface area contributed by atoms with E-state index in [1.165, 1.54) is 6.07 Å². The number of hydrogen-bond acceptors (Lipinski definition) is 2. The zero-order valence-electron chi connectivity index (χ0n) is 8.45. The highest BCUT2D eigenvalue weighted by Crippen LogP contribution is 2.29. The van der Waals surface area contributed by atoms with E-state index in [-0.39, 0.29) is 5.56 Å². The highest BCUT2D eigenvalue weighted by molar-refractivity contribution is 6.36. The van der Waals surface area contributed by atoms with Gasteiger partial charge in [0.15, 0.2) is 12.1 Å². The molecule has 1 heterocycles. The van der Waals surface area contributed by atoms with Crippen molar-refractivity contribution in [3.8, 4) is 11.3 Å². The number of carbonyl (C=O) groups is 1. The molecule has 0 spiro atoms. The summed E-state index contributed by atoms with van der Waals surface area (Å²) in [7, 11) is 0. The summed E-state index contributed by atoms with van der Waals surface area (Å²) in [5, 5.41) is 0.893. The summed E-state index contributed by atoms with van der Waals surface area (Å²) < 4.78 is 13.1. The molecule has 0 radical (unpaired) electrons. The van der Waals surface area contributed by atoms with E-state index >= 15 is 0 Å². The van der Waals surface area contributed by atoms with Crippen LogP contribution in [0.3, 0.4) is 0 Å². The van der Waals surface area contributed by atoms with Gasteiger partial charge in [-0.05, 0) is 24.3 Å². The Morgan fingerprint density at radius 1 is 1.24 bits per heavy atom. The van der Waals surface area contributed by atoms with E-state index in [9.17, 15) is 9.18 Å². The fraction of sp³-hybridized carbons (Fsp3) is 0. The number of carbonyl (C=O) groups excluding carboxylic acids is 1. The van der Waals surface area contributed by atoms with E-state index in [0.717, 1.165) is 6.20 Å². The molecule has 86 valence electrons. The van der Waals surface area contributed by atoms with Crippen LogP contribution >= 0.6 is 23.2 Å². The van der Waals surface area contributed by atoms with Gasteiger partial charge in [-0.1, -0.05) is 23.2 Å². The van der Waals surface area contributed by atoms with Crippen LogP contribution in [0.4, 0.5) is 4.39 Å². The quantitative estimate of drug-likeness (QED) is 0.772.